The van der Waals surface area contributed by atoms with Crippen molar-refractivity contribution in [2.45, 2.75) is 37.9 Å². The first-order valence-corrected chi connectivity index (χ1v) is 9.10. The highest BCUT2D eigenvalue weighted by Crippen LogP contribution is 2.34. The summed E-state index contributed by atoms with van der Waals surface area (Å²) in [5, 5.41) is 1.99. The minimum atomic E-state index is 0.0293. The largest absolute Gasteiger partial charge is 0.337 e. The third-order valence-corrected chi connectivity index (χ3v) is 5.79. The molecule has 4 heterocycles. The Labute approximate surface area is 144 Å². The monoisotopic (exact) mass is 341 g/mol. The molecule has 0 saturated carbocycles. The zero-order valence-electron chi connectivity index (χ0n) is 13.3. The van der Waals surface area contributed by atoms with Crippen molar-refractivity contribution in [3.05, 3.63) is 52.5 Å². The standard InChI is InChI=1S/C18H19N3O2S/c22-17(9-14-4-2-8-24-14)20-7-5-15-16(20)10-18(23)21(15)12-13-3-1-6-19-11-13/h1-4,6,8,11,15-16H,5,7,9-10,12H2/t15-,16+/m1/s1. The molecule has 2 atom stereocenters. The molecule has 2 amide bonds. The molecular weight excluding hydrogens is 322 g/mol. The third-order valence-electron chi connectivity index (χ3n) is 4.92. The number of hydrogen-bond acceptors (Lipinski definition) is 4. The van der Waals surface area contributed by atoms with Crippen LogP contribution < -0.4 is 0 Å². The molecule has 0 radical (unpaired) electrons. The number of amides is 2. The van der Waals surface area contributed by atoms with Crippen LogP contribution >= 0.6 is 11.3 Å². The minimum Gasteiger partial charge on any atom is -0.337 e. The molecule has 0 unspecified atom stereocenters. The second-order valence-corrected chi connectivity index (χ2v) is 7.39. The quantitative estimate of drug-likeness (QED) is 0.856. The van der Waals surface area contributed by atoms with Crippen molar-refractivity contribution >= 4 is 23.2 Å². The van der Waals surface area contributed by atoms with Crippen molar-refractivity contribution in [3.8, 4) is 0 Å². The molecule has 2 fully saturated rings. The van der Waals surface area contributed by atoms with Crippen LogP contribution in [0.3, 0.4) is 0 Å². The van der Waals surface area contributed by atoms with Gasteiger partial charge in [-0.05, 0) is 29.5 Å². The van der Waals surface area contributed by atoms with E-state index in [-0.39, 0.29) is 23.9 Å². The molecule has 0 N–H and O–H groups in total. The van der Waals surface area contributed by atoms with Gasteiger partial charge in [-0.15, -0.1) is 11.3 Å². The van der Waals surface area contributed by atoms with Gasteiger partial charge < -0.3 is 9.80 Å². The summed E-state index contributed by atoms with van der Waals surface area (Å²) in [7, 11) is 0. The Morgan fingerprint density at radius 2 is 2.21 bits per heavy atom. The highest BCUT2D eigenvalue weighted by atomic mass is 32.1. The maximum Gasteiger partial charge on any atom is 0.228 e. The van der Waals surface area contributed by atoms with Gasteiger partial charge in [0.25, 0.3) is 0 Å². The average Bonchev–Trinajstić information content (AvgIpc) is 3.28. The molecule has 0 aliphatic carbocycles. The smallest absolute Gasteiger partial charge is 0.228 e. The van der Waals surface area contributed by atoms with Gasteiger partial charge in [-0.25, -0.2) is 0 Å². The van der Waals surface area contributed by atoms with E-state index in [0.29, 0.717) is 19.4 Å². The second-order valence-electron chi connectivity index (χ2n) is 6.35. The van der Waals surface area contributed by atoms with E-state index in [2.05, 4.69) is 4.98 Å². The zero-order chi connectivity index (χ0) is 16.5. The van der Waals surface area contributed by atoms with Crippen molar-refractivity contribution in [2.75, 3.05) is 6.54 Å². The highest BCUT2D eigenvalue weighted by Gasteiger charge is 2.47. The summed E-state index contributed by atoms with van der Waals surface area (Å²) in [4.78, 5) is 34.1. The van der Waals surface area contributed by atoms with Crippen molar-refractivity contribution in [2.24, 2.45) is 0 Å². The van der Waals surface area contributed by atoms with Gasteiger partial charge in [0.15, 0.2) is 0 Å². The van der Waals surface area contributed by atoms with Gasteiger partial charge in [-0.2, -0.15) is 0 Å². The fraction of sp³-hybridized carbons (Fsp3) is 0.389. The Kier molecular flexibility index (Phi) is 4.06. The molecule has 2 aliphatic heterocycles. The topological polar surface area (TPSA) is 53.5 Å². The molecule has 2 saturated heterocycles. The minimum absolute atomic E-state index is 0.0293. The molecule has 0 aromatic carbocycles. The van der Waals surface area contributed by atoms with Crippen molar-refractivity contribution in [1.29, 1.82) is 0 Å². The summed E-state index contributed by atoms with van der Waals surface area (Å²) in [6.45, 7) is 1.33. The molecule has 24 heavy (non-hydrogen) atoms. The summed E-state index contributed by atoms with van der Waals surface area (Å²) >= 11 is 1.61. The normalized spacial score (nSPS) is 22.9. The number of thiophene rings is 1. The number of fused-ring (bicyclic) bond motifs is 1. The molecule has 2 aliphatic rings. The van der Waals surface area contributed by atoms with Crippen LogP contribution in [0.5, 0.6) is 0 Å². The second kappa shape index (κ2) is 6.36. The number of aromatic nitrogens is 1. The predicted octanol–water partition coefficient (Wildman–Crippen LogP) is 2.09. The first-order valence-electron chi connectivity index (χ1n) is 8.22. The van der Waals surface area contributed by atoms with Gasteiger partial charge in [-0.3, -0.25) is 14.6 Å². The van der Waals surface area contributed by atoms with Gasteiger partial charge in [-0.1, -0.05) is 12.1 Å². The fourth-order valence-electron chi connectivity index (χ4n) is 3.80. The van der Waals surface area contributed by atoms with Crippen LogP contribution in [0, 0.1) is 0 Å². The highest BCUT2D eigenvalue weighted by molar-refractivity contribution is 7.10. The maximum atomic E-state index is 12.6. The van der Waals surface area contributed by atoms with E-state index in [1.54, 1.807) is 23.7 Å². The van der Waals surface area contributed by atoms with Gasteiger partial charge in [0.2, 0.25) is 11.8 Å². The number of carbonyl (C=O) groups excluding carboxylic acids is 2. The molecule has 2 aromatic rings. The van der Waals surface area contributed by atoms with E-state index in [0.717, 1.165) is 23.4 Å². The predicted molar refractivity (Wildman–Crippen MR) is 91.3 cm³/mol. The van der Waals surface area contributed by atoms with Crippen LogP contribution in [-0.2, 0) is 22.6 Å². The Morgan fingerprint density at radius 3 is 2.96 bits per heavy atom. The molecule has 0 bridgehead atoms. The van der Waals surface area contributed by atoms with E-state index in [1.165, 1.54) is 0 Å². The van der Waals surface area contributed by atoms with Crippen LogP contribution in [0.1, 0.15) is 23.3 Å². The summed E-state index contributed by atoms with van der Waals surface area (Å²) in [6, 6.07) is 8.01. The molecule has 2 aromatic heterocycles. The van der Waals surface area contributed by atoms with Crippen molar-refractivity contribution in [3.63, 3.8) is 0 Å². The van der Waals surface area contributed by atoms with E-state index in [1.807, 2.05) is 39.4 Å². The number of hydrogen-bond donors (Lipinski definition) is 0. The summed E-state index contributed by atoms with van der Waals surface area (Å²) in [6.07, 6.45) is 5.29. The molecule has 124 valence electrons. The van der Waals surface area contributed by atoms with Crippen LogP contribution in [-0.4, -0.2) is 45.2 Å². The Balaban J connectivity index is 1.46. The van der Waals surface area contributed by atoms with Crippen molar-refractivity contribution < 1.29 is 9.59 Å². The Bertz CT molecular complexity index is 732. The Morgan fingerprint density at radius 1 is 1.29 bits per heavy atom. The van der Waals surface area contributed by atoms with E-state index < -0.39 is 0 Å². The van der Waals surface area contributed by atoms with Crippen LogP contribution in [0.15, 0.2) is 42.0 Å². The van der Waals surface area contributed by atoms with E-state index in [4.69, 9.17) is 0 Å². The lowest BCUT2D eigenvalue weighted by Gasteiger charge is -2.25. The van der Waals surface area contributed by atoms with Gasteiger partial charge in [0.05, 0.1) is 18.5 Å². The average molecular weight is 341 g/mol. The number of likely N-dealkylation sites (tertiary alicyclic amines) is 2. The lowest BCUT2D eigenvalue weighted by atomic mass is 10.1. The Hall–Kier alpha value is -2.21. The van der Waals surface area contributed by atoms with Crippen LogP contribution in [0.2, 0.25) is 0 Å². The van der Waals surface area contributed by atoms with E-state index >= 15 is 0 Å². The first kappa shape index (κ1) is 15.3. The summed E-state index contributed by atoms with van der Waals surface area (Å²) in [5.74, 6) is 0.281. The third kappa shape index (κ3) is 2.82. The van der Waals surface area contributed by atoms with Crippen molar-refractivity contribution in [1.82, 2.24) is 14.8 Å². The van der Waals surface area contributed by atoms with E-state index in [9.17, 15) is 9.59 Å². The lowest BCUT2D eigenvalue weighted by molar-refractivity contribution is -0.131. The van der Waals surface area contributed by atoms with Gasteiger partial charge in [0.1, 0.15) is 0 Å². The summed E-state index contributed by atoms with van der Waals surface area (Å²) in [5.41, 5.74) is 1.04. The lowest BCUT2D eigenvalue weighted by Crippen LogP contribution is -2.40. The van der Waals surface area contributed by atoms with Gasteiger partial charge in [0, 0.05) is 36.8 Å². The first-order chi connectivity index (χ1) is 11.7. The fourth-order valence-corrected chi connectivity index (χ4v) is 4.49. The molecule has 0 spiro atoms. The molecule has 6 heteroatoms. The molecule has 4 rings (SSSR count). The summed E-state index contributed by atoms with van der Waals surface area (Å²) < 4.78 is 0. The van der Waals surface area contributed by atoms with Gasteiger partial charge >= 0.3 is 0 Å². The molecular formula is C18H19N3O2S. The number of nitrogens with zero attached hydrogens (tertiary/aromatic N) is 3. The number of carbonyl (C=O) groups is 2. The SMILES string of the molecule is O=C1C[C@H]2[C@@H](CCN2C(=O)Cc2cccs2)N1Cc1cccnc1. The van der Waals surface area contributed by atoms with Crippen LogP contribution in [0.25, 0.3) is 0 Å². The zero-order valence-corrected chi connectivity index (χ0v) is 14.1. The maximum absolute atomic E-state index is 12.6. The number of rotatable bonds is 4. The van der Waals surface area contributed by atoms with Crippen LogP contribution in [0.4, 0.5) is 0 Å². The number of pyridine rings is 1. The molecule has 5 nitrogen and oxygen atoms in total.